The molecule has 4 atom stereocenters. The van der Waals surface area contributed by atoms with Crippen LogP contribution in [-0.4, -0.2) is 40.9 Å². The molecule has 0 saturated carbocycles. The number of carbonyl (C=O) groups excluding carboxylic acids is 4. The Morgan fingerprint density at radius 2 is 1.79 bits per heavy atom. The zero-order valence-corrected chi connectivity index (χ0v) is 19.9. The van der Waals surface area contributed by atoms with Gasteiger partial charge in [0.1, 0.15) is 11.9 Å². The third kappa shape index (κ3) is 9.46. The van der Waals surface area contributed by atoms with Crippen LogP contribution in [0.15, 0.2) is 36.0 Å². The van der Waals surface area contributed by atoms with Crippen molar-refractivity contribution >= 4 is 23.6 Å². The third-order valence-electron chi connectivity index (χ3n) is 6.21. The van der Waals surface area contributed by atoms with Crippen molar-refractivity contribution in [2.24, 2.45) is 17.8 Å². The van der Waals surface area contributed by atoms with Crippen molar-refractivity contribution in [1.82, 2.24) is 5.32 Å². The Hall–Kier alpha value is -2.54. The van der Waals surface area contributed by atoms with Crippen LogP contribution in [-0.2, 0) is 23.9 Å². The van der Waals surface area contributed by atoms with E-state index in [4.69, 9.17) is 4.74 Å². The molecule has 0 aromatic carbocycles. The summed E-state index contributed by atoms with van der Waals surface area (Å²) in [5.74, 6) is -1.82. The van der Waals surface area contributed by atoms with Crippen molar-refractivity contribution < 1.29 is 29.0 Å². The first kappa shape index (κ1) is 26.7. The lowest BCUT2D eigenvalue weighted by Gasteiger charge is -2.26. The summed E-state index contributed by atoms with van der Waals surface area (Å²) in [4.78, 5) is 48.0. The minimum atomic E-state index is -0.910. The summed E-state index contributed by atoms with van der Waals surface area (Å²) in [5.41, 5.74) is 0.815. The molecule has 2 N–H and O–H groups in total. The number of cyclic esters (lactones) is 1. The van der Waals surface area contributed by atoms with Crippen LogP contribution < -0.4 is 5.32 Å². The molecular formula is C26H37NO6. The van der Waals surface area contributed by atoms with Gasteiger partial charge in [0.05, 0.1) is 6.10 Å². The number of hydrogen-bond donors (Lipinski definition) is 2. The largest absolute Gasteiger partial charge is 0.454 e. The van der Waals surface area contributed by atoms with E-state index < -0.39 is 18.1 Å². The molecule has 7 nitrogen and oxygen atoms in total. The molecule has 2 aliphatic rings. The van der Waals surface area contributed by atoms with Crippen molar-refractivity contribution in [3.63, 3.8) is 0 Å². The van der Waals surface area contributed by atoms with Gasteiger partial charge in [-0.15, -0.1) is 0 Å². The lowest BCUT2D eigenvalue weighted by molar-refractivity contribution is -0.143. The van der Waals surface area contributed by atoms with Gasteiger partial charge in [0.2, 0.25) is 11.8 Å². The molecule has 2 rings (SSSR count). The number of hydrogen-bond acceptors (Lipinski definition) is 6. The molecule has 2 heterocycles. The summed E-state index contributed by atoms with van der Waals surface area (Å²) in [7, 11) is 0. The van der Waals surface area contributed by atoms with Crippen molar-refractivity contribution in [1.29, 1.82) is 0 Å². The number of amides is 2. The zero-order valence-electron chi connectivity index (χ0n) is 19.9. The van der Waals surface area contributed by atoms with Gasteiger partial charge in [-0.3, -0.25) is 19.7 Å². The quantitative estimate of drug-likeness (QED) is 0.342. The molecule has 33 heavy (non-hydrogen) atoms. The summed E-state index contributed by atoms with van der Waals surface area (Å²) in [5, 5.41) is 12.6. The highest BCUT2D eigenvalue weighted by Crippen LogP contribution is 2.25. The van der Waals surface area contributed by atoms with Gasteiger partial charge in [-0.2, -0.15) is 0 Å². The van der Waals surface area contributed by atoms with Crippen LogP contribution in [0, 0.1) is 17.8 Å². The molecule has 0 spiro atoms. The van der Waals surface area contributed by atoms with E-state index in [1.54, 1.807) is 6.92 Å². The monoisotopic (exact) mass is 459 g/mol. The molecule has 0 aromatic heterocycles. The minimum absolute atomic E-state index is 0.0508. The van der Waals surface area contributed by atoms with Crippen LogP contribution in [0.1, 0.15) is 72.1 Å². The van der Waals surface area contributed by atoms with Gasteiger partial charge < -0.3 is 9.84 Å². The van der Waals surface area contributed by atoms with Crippen LogP contribution in [0.2, 0.25) is 0 Å². The molecule has 1 fully saturated rings. The molecule has 0 aromatic rings. The Labute approximate surface area is 196 Å². The molecule has 1 saturated heterocycles. The van der Waals surface area contributed by atoms with Gasteiger partial charge in [0, 0.05) is 31.3 Å². The number of Topliss-reactive ketones (excluding diaryl/α,β-unsaturated/α-hetero) is 1. The van der Waals surface area contributed by atoms with E-state index in [-0.39, 0.29) is 61.1 Å². The predicted octanol–water partition coefficient (Wildman–Crippen LogP) is 3.57. The van der Waals surface area contributed by atoms with Gasteiger partial charge >= 0.3 is 5.97 Å². The highest BCUT2D eigenvalue weighted by atomic mass is 16.5. The van der Waals surface area contributed by atoms with Gasteiger partial charge in [0.15, 0.2) is 0 Å². The predicted molar refractivity (Wildman–Crippen MR) is 125 cm³/mol. The van der Waals surface area contributed by atoms with Crippen molar-refractivity contribution in [3.05, 3.63) is 36.0 Å². The van der Waals surface area contributed by atoms with E-state index in [0.717, 1.165) is 31.3 Å². The van der Waals surface area contributed by atoms with Crippen LogP contribution in [0.4, 0.5) is 0 Å². The summed E-state index contributed by atoms with van der Waals surface area (Å²) in [6.45, 7) is 5.67. The topological polar surface area (TPSA) is 110 Å². The molecule has 0 bridgehead atoms. The first-order valence-corrected chi connectivity index (χ1v) is 11.9. The summed E-state index contributed by atoms with van der Waals surface area (Å²) in [6.07, 6.45) is 12.0. The van der Waals surface area contributed by atoms with Gasteiger partial charge in [0.25, 0.3) is 0 Å². The van der Waals surface area contributed by atoms with Crippen LogP contribution >= 0.6 is 0 Å². The lowest BCUT2D eigenvalue weighted by atomic mass is 9.87. The number of ether oxygens (including phenoxy) is 1. The van der Waals surface area contributed by atoms with Crippen molar-refractivity contribution in [3.8, 4) is 0 Å². The second-order valence-corrected chi connectivity index (χ2v) is 9.37. The van der Waals surface area contributed by atoms with Gasteiger partial charge in [-0.1, -0.05) is 38.2 Å². The minimum Gasteiger partial charge on any atom is -0.454 e. The normalized spacial score (nSPS) is 25.5. The number of nitrogens with one attached hydrogen (secondary N) is 1. The Bertz CT molecular complexity index is 796. The smallest absolute Gasteiger partial charge is 0.331 e. The first-order chi connectivity index (χ1) is 15.7. The first-order valence-electron chi connectivity index (χ1n) is 11.9. The molecule has 2 aliphatic heterocycles. The Morgan fingerprint density at radius 3 is 2.48 bits per heavy atom. The number of carbonyl (C=O) groups is 4. The standard InChI is InChI=1S/C26H37NO6/c1-17-10-8-6-4-5-7-9-11-25(32)33-26(17)19(3)12-18(2)22(29)16-21(28)13-20-14-23(30)27-24(31)15-20/h4,6,9,11-12,17-18,20-21,26,28H,5,7-8,10,13-16H2,1-3H3,(H,27,30,31). The highest BCUT2D eigenvalue weighted by Gasteiger charge is 2.28. The van der Waals surface area contributed by atoms with E-state index in [1.165, 1.54) is 6.08 Å². The highest BCUT2D eigenvalue weighted by molar-refractivity contribution is 5.97. The molecule has 7 heteroatoms. The molecule has 182 valence electrons. The Kier molecular flexibility index (Phi) is 10.7. The number of aliphatic hydroxyl groups is 1. The third-order valence-corrected chi connectivity index (χ3v) is 6.21. The lowest BCUT2D eigenvalue weighted by Crippen LogP contribution is -2.39. The van der Waals surface area contributed by atoms with Crippen LogP contribution in [0.25, 0.3) is 0 Å². The molecule has 0 aliphatic carbocycles. The molecule has 2 amide bonds. The van der Waals surface area contributed by atoms with E-state index in [1.807, 2.05) is 26.0 Å². The van der Waals surface area contributed by atoms with Crippen LogP contribution in [0.5, 0.6) is 0 Å². The average molecular weight is 460 g/mol. The zero-order chi connectivity index (χ0) is 24.4. The average Bonchev–Trinajstić information content (AvgIpc) is 2.71. The number of ketones is 1. The number of imide groups is 1. The fourth-order valence-corrected chi connectivity index (χ4v) is 4.43. The molecule has 0 radical (unpaired) electrons. The number of aliphatic hydroxyl groups excluding tert-OH is 1. The Balaban J connectivity index is 1.98. The van der Waals surface area contributed by atoms with Crippen molar-refractivity contribution in [2.45, 2.75) is 84.3 Å². The number of esters is 1. The fraction of sp³-hybridized carbons (Fsp3) is 0.615. The number of rotatable bonds is 7. The van der Waals surface area contributed by atoms with E-state index in [2.05, 4.69) is 17.5 Å². The van der Waals surface area contributed by atoms with E-state index in [9.17, 15) is 24.3 Å². The van der Waals surface area contributed by atoms with E-state index in [0.29, 0.717) is 0 Å². The second kappa shape index (κ2) is 13.2. The molecular weight excluding hydrogens is 422 g/mol. The summed E-state index contributed by atoms with van der Waals surface area (Å²) < 4.78 is 5.73. The maximum Gasteiger partial charge on any atom is 0.331 e. The van der Waals surface area contributed by atoms with Gasteiger partial charge in [-0.05, 0) is 56.4 Å². The SMILES string of the molecule is CC(=CC(C)C(=O)CC(O)CC1CC(=O)NC(=O)C1)C1OC(=O)C=CCCC=CCCC1C. The summed E-state index contributed by atoms with van der Waals surface area (Å²) >= 11 is 0. The number of piperidine rings is 1. The van der Waals surface area contributed by atoms with E-state index >= 15 is 0 Å². The number of allylic oxidation sites excluding steroid dienone is 4. The Morgan fingerprint density at radius 1 is 1.15 bits per heavy atom. The second-order valence-electron chi connectivity index (χ2n) is 9.37. The summed E-state index contributed by atoms with van der Waals surface area (Å²) in [6, 6.07) is 0. The fourth-order valence-electron chi connectivity index (χ4n) is 4.43. The van der Waals surface area contributed by atoms with Crippen molar-refractivity contribution in [2.75, 3.05) is 0 Å². The maximum atomic E-state index is 12.7. The van der Waals surface area contributed by atoms with Gasteiger partial charge in [-0.25, -0.2) is 4.79 Å². The maximum absolute atomic E-state index is 12.7. The molecule has 4 unspecified atom stereocenters. The van der Waals surface area contributed by atoms with Crippen LogP contribution in [0.3, 0.4) is 0 Å².